The van der Waals surface area contributed by atoms with E-state index in [4.69, 9.17) is 4.74 Å². The molecule has 0 aliphatic rings. The zero-order valence-corrected chi connectivity index (χ0v) is 12.5. The lowest BCUT2D eigenvalue weighted by molar-refractivity contribution is -0.115. The first kappa shape index (κ1) is 15.8. The van der Waals surface area contributed by atoms with Crippen molar-refractivity contribution in [2.45, 2.75) is 11.4 Å². The molecule has 22 heavy (non-hydrogen) atoms. The first-order valence-corrected chi connectivity index (χ1v) is 7.33. The van der Waals surface area contributed by atoms with Crippen LogP contribution in [0.2, 0.25) is 0 Å². The van der Waals surface area contributed by atoms with Gasteiger partial charge in [-0.3, -0.25) is 14.6 Å². The highest BCUT2D eigenvalue weighted by Gasteiger charge is 2.08. The number of hydrogen-bond donors (Lipinski definition) is 3. The van der Waals surface area contributed by atoms with Crippen molar-refractivity contribution in [1.82, 2.24) is 15.2 Å². The Labute approximate surface area is 129 Å². The van der Waals surface area contributed by atoms with Gasteiger partial charge in [-0.2, -0.15) is 5.10 Å². The number of H-pyrrole nitrogens is 2. The summed E-state index contributed by atoms with van der Waals surface area (Å²) in [5.74, 6) is 0.712. The molecule has 0 aliphatic heterocycles. The van der Waals surface area contributed by atoms with Crippen molar-refractivity contribution >= 4 is 23.4 Å². The molecule has 0 saturated carbocycles. The maximum atomic E-state index is 11.9. The molecule has 8 nitrogen and oxygen atoms in total. The van der Waals surface area contributed by atoms with E-state index in [0.717, 1.165) is 11.8 Å². The number of ether oxygens (including phenoxy) is 1. The molecule has 9 heteroatoms. The smallest absolute Gasteiger partial charge is 0.342 e. The Bertz CT molecular complexity index is 771. The Morgan fingerprint density at radius 3 is 2.86 bits per heavy atom. The Hall–Kier alpha value is -2.55. The van der Waals surface area contributed by atoms with Gasteiger partial charge in [-0.15, -0.1) is 0 Å². The van der Waals surface area contributed by atoms with E-state index in [0.29, 0.717) is 17.2 Å². The molecule has 0 atom stereocenters. The number of hydrogen-bond acceptors (Lipinski definition) is 6. The van der Waals surface area contributed by atoms with Gasteiger partial charge in [-0.05, 0) is 12.1 Å². The molecule has 1 amide bonds. The maximum Gasteiger partial charge on any atom is 0.342 e. The summed E-state index contributed by atoms with van der Waals surface area (Å²) in [7, 11) is 1.52. The van der Waals surface area contributed by atoms with Gasteiger partial charge in [-0.25, -0.2) is 9.89 Å². The maximum absolute atomic E-state index is 11.9. The van der Waals surface area contributed by atoms with Crippen LogP contribution >= 0.6 is 11.8 Å². The van der Waals surface area contributed by atoms with Crippen LogP contribution in [0, 0.1) is 0 Å². The number of amides is 1. The quantitative estimate of drug-likeness (QED) is 0.670. The number of nitrogens with zero attached hydrogens (tertiary/aromatic N) is 1. The average molecular weight is 322 g/mol. The van der Waals surface area contributed by atoms with Gasteiger partial charge in [0.1, 0.15) is 5.75 Å². The van der Waals surface area contributed by atoms with Gasteiger partial charge < -0.3 is 10.1 Å². The van der Waals surface area contributed by atoms with Crippen molar-refractivity contribution in [2.24, 2.45) is 0 Å². The van der Waals surface area contributed by atoms with E-state index in [-0.39, 0.29) is 17.4 Å². The third kappa shape index (κ3) is 4.22. The largest absolute Gasteiger partial charge is 0.495 e. The minimum atomic E-state index is -0.664. The fourth-order valence-corrected chi connectivity index (χ4v) is 2.41. The first-order chi connectivity index (χ1) is 10.6. The standard InChI is InChI=1S/C13H14N4O4S/c1-21-9-5-3-2-4-8(9)14-10(18)6-7-22-12-11(19)15-13(20)17-16-12/h2-5H,6-7H2,1H3,(H,14,18)(H2,15,17,19,20). The Morgan fingerprint density at radius 2 is 2.14 bits per heavy atom. The lowest BCUT2D eigenvalue weighted by atomic mass is 10.3. The summed E-state index contributed by atoms with van der Waals surface area (Å²) in [5, 5.41) is 8.60. The zero-order chi connectivity index (χ0) is 15.9. The molecule has 2 rings (SSSR count). The monoisotopic (exact) mass is 322 g/mol. The molecular weight excluding hydrogens is 308 g/mol. The molecule has 2 aromatic rings. The van der Waals surface area contributed by atoms with E-state index in [1.165, 1.54) is 7.11 Å². The van der Waals surface area contributed by atoms with E-state index >= 15 is 0 Å². The highest BCUT2D eigenvalue weighted by molar-refractivity contribution is 7.99. The minimum Gasteiger partial charge on any atom is -0.495 e. The fraction of sp³-hybridized carbons (Fsp3) is 0.231. The SMILES string of the molecule is COc1ccccc1NC(=O)CCSc1n[nH]c(=O)[nH]c1=O. The van der Waals surface area contributed by atoms with Crippen LogP contribution in [-0.4, -0.2) is 34.0 Å². The lowest BCUT2D eigenvalue weighted by Gasteiger charge is -2.09. The molecule has 0 aliphatic carbocycles. The number of aromatic amines is 2. The van der Waals surface area contributed by atoms with E-state index < -0.39 is 11.2 Å². The topological polar surface area (TPSA) is 117 Å². The highest BCUT2D eigenvalue weighted by atomic mass is 32.2. The normalized spacial score (nSPS) is 10.2. The molecule has 3 N–H and O–H groups in total. The number of rotatable bonds is 6. The van der Waals surface area contributed by atoms with Crippen LogP contribution in [0.4, 0.5) is 5.69 Å². The summed E-state index contributed by atoms with van der Waals surface area (Å²) in [6.07, 6.45) is 0.183. The van der Waals surface area contributed by atoms with Crippen molar-refractivity contribution < 1.29 is 9.53 Å². The predicted octanol–water partition coefficient (Wildman–Crippen LogP) is 0.588. The van der Waals surface area contributed by atoms with E-state index in [1.807, 2.05) is 0 Å². The van der Waals surface area contributed by atoms with Crippen molar-refractivity contribution in [1.29, 1.82) is 0 Å². The molecule has 0 fully saturated rings. The second-order valence-electron chi connectivity index (χ2n) is 4.16. The molecular formula is C13H14N4O4S. The van der Waals surface area contributed by atoms with Crippen LogP contribution in [0.3, 0.4) is 0 Å². The van der Waals surface area contributed by atoms with Gasteiger partial charge >= 0.3 is 5.69 Å². The van der Waals surface area contributed by atoms with Crippen LogP contribution in [0.1, 0.15) is 6.42 Å². The zero-order valence-electron chi connectivity index (χ0n) is 11.7. The van der Waals surface area contributed by atoms with Gasteiger partial charge in [-0.1, -0.05) is 23.9 Å². The van der Waals surface area contributed by atoms with E-state index in [1.54, 1.807) is 24.3 Å². The highest BCUT2D eigenvalue weighted by Crippen LogP contribution is 2.23. The Morgan fingerprint density at radius 1 is 1.36 bits per heavy atom. The number of para-hydroxylation sites is 2. The number of carbonyl (C=O) groups is 1. The van der Waals surface area contributed by atoms with Crippen molar-refractivity contribution in [3.05, 3.63) is 45.1 Å². The molecule has 0 unspecified atom stereocenters. The average Bonchev–Trinajstić information content (AvgIpc) is 2.50. The minimum absolute atomic E-state index is 0.115. The van der Waals surface area contributed by atoms with Crippen LogP contribution in [0.15, 0.2) is 38.9 Å². The summed E-state index contributed by atoms with van der Waals surface area (Å²) in [4.78, 5) is 36.2. The van der Waals surface area contributed by atoms with Crippen LogP contribution < -0.4 is 21.3 Å². The second kappa shape index (κ2) is 7.46. The summed E-state index contributed by atoms with van der Waals surface area (Å²) in [6, 6.07) is 7.07. The van der Waals surface area contributed by atoms with E-state index in [9.17, 15) is 14.4 Å². The van der Waals surface area contributed by atoms with Crippen molar-refractivity contribution in [3.63, 3.8) is 0 Å². The third-order valence-electron chi connectivity index (χ3n) is 2.63. The number of methoxy groups -OCH3 is 1. The van der Waals surface area contributed by atoms with Crippen LogP contribution in [-0.2, 0) is 4.79 Å². The Kier molecular flexibility index (Phi) is 5.37. The number of nitrogens with one attached hydrogen (secondary N) is 3. The predicted molar refractivity (Wildman–Crippen MR) is 82.4 cm³/mol. The number of benzene rings is 1. The number of anilines is 1. The van der Waals surface area contributed by atoms with Crippen molar-refractivity contribution in [2.75, 3.05) is 18.2 Å². The molecule has 116 valence electrons. The number of thioether (sulfide) groups is 1. The van der Waals surface area contributed by atoms with Crippen LogP contribution in [0.25, 0.3) is 0 Å². The first-order valence-electron chi connectivity index (χ1n) is 6.35. The summed E-state index contributed by atoms with van der Waals surface area (Å²) >= 11 is 1.09. The summed E-state index contributed by atoms with van der Waals surface area (Å²) in [6.45, 7) is 0. The molecule has 0 radical (unpaired) electrons. The number of carbonyl (C=O) groups excluding carboxylic acids is 1. The Balaban J connectivity index is 1.88. The summed E-state index contributed by atoms with van der Waals surface area (Å²) in [5.41, 5.74) is -0.651. The summed E-state index contributed by atoms with van der Waals surface area (Å²) < 4.78 is 5.14. The second-order valence-corrected chi connectivity index (χ2v) is 5.24. The lowest BCUT2D eigenvalue weighted by Crippen LogP contribution is -2.25. The molecule has 0 bridgehead atoms. The molecule has 1 aromatic carbocycles. The van der Waals surface area contributed by atoms with Gasteiger partial charge in [0.25, 0.3) is 5.56 Å². The van der Waals surface area contributed by atoms with Gasteiger partial charge in [0.15, 0.2) is 5.03 Å². The molecule has 1 aromatic heterocycles. The van der Waals surface area contributed by atoms with Gasteiger partial charge in [0, 0.05) is 12.2 Å². The van der Waals surface area contributed by atoms with Crippen LogP contribution in [0.5, 0.6) is 5.75 Å². The van der Waals surface area contributed by atoms with Gasteiger partial charge in [0.05, 0.1) is 12.8 Å². The number of aromatic nitrogens is 3. The van der Waals surface area contributed by atoms with Crippen molar-refractivity contribution in [3.8, 4) is 5.75 Å². The molecule has 0 saturated heterocycles. The van der Waals surface area contributed by atoms with E-state index in [2.05, 4.69) is 20.5 Å². The third-order valence-corrected chi connectivity index (χ3v) is 3.59. The molecule has 1 heterocycles. The molecule has 0 spiro atoms. The van der Waals surface area contributed by atoms with Gasteiger partial charge in [0.2, 0.25) is 5.91 Å². The fourth-order valence-electron chi connectivity index (χ4n) is 1.64.